The van der Waals surface area contributed by atoms with Crippen molar-refractivity contribution in [3.8, 4) is 28.4 Å². The zero-order valence-corrected chi connectivity index (χ0v) is 19.3. The van der Waals surface area contributed by atoms with Crippen LogP contribution in [0.15, 0.2) is 76.0 Å². The van der Waals surface area contributed by atoms with E-state index in [0.29, 0.717) is 53.6 Å². The SMILES string of the molecule is CCc1cc2c(=O)c(-c3ccc4c(c3)OCCO4)c(C)oc2cc1OC/C=C/c1ccccc1. The van der Waals surface area contributed by atoms with Crippen molar-refractivity contribution in [1.82, 2.24) is 0 Å². The summed E-state index contributed by atoms with van der Waals surface area (Å²) in [5.74, 6) is 2.61. The molecule has 4 aromatic rings. The van der Waals surface area contributed by atoms with Gasteiger partial charge in [-0.25, -0.2) is 0 Å². The Morgan fingerprint density at radius 3 is 2.56 bits per heavy atom. The van der Waals surface area contributed by atoms with Gasteiger partial charge in [0, 0.05) is 6.07 Å². The fourth-order valence-corrected chi connectivity index (χ4v) is 4.21. The molecule has 0 fully saturated rings. The first-order valence-corrected chi connectivity index (χ1v) is 11.5. The summed E-state index contributed by atoms with van der Waals surface area (Å²) in [5.41, 5.74) is 3.81. The van der Waals surface area contributed by atoms with Crippen LogP contribution in [0.5, 0.6) is 17.2 Å². The van der Waals surface area contributed by atoms with Crippen molar-refractivity contribution in [3.05, 3.63) is 93.9 Å². The van der Waals surface area contributed by atoms with Gasteiger partial charge in [-0.3, -0.25) is 4.79 Å². The standard InChI is InChI=1S/C29H26O5/c1-3-21-16-23-26(18-25(21)31-13-7-10-20-8-5-4-6-9-20)34-19(2)28(29(23)30)22-11-12-24-27(17-22)33-15-14-32-24/h4-12,16-18H,3,13-15H2,1-2H3/b10-7+. The Hall–Kier alpha value is -3.99. The molecule has 0 amide bonds. The zero-order valence-electron chi connectivity index (χ0n) is 19.3. The molecule has 0 bridgehead atoms. The minimum Gasteiger partial charge on any atom is -0.489 e. The van der Waals surface area contributed by atoms with E-state index in [4.69, 9.17) is 18.6 Å². The third kappa shape index (κ3) is 4.29. The van der Waals surface area contributed by atoms with Gasteiger partial charge in [0.15, 0.2) is 11.5 Å². The minimum atomic E-state index is -0.0688. The maximum Gasteiger partial charge on any atom is 0.200 e. The highest BCUT2D eigenvalue weighted by Gasteiger charge is 2.19. The van der Waals surface area contributed by atoms with Crippen LogP contribution >= 0.6 is 0 Å². The summed E-state index contributed by atoms with van der Waals surface area (Å²) in [7, 11) is 0. The number of fused-ring (bicyclic) bond motifs is 2. The van der Waals surface area contributed by atoms with Gasteiger partial charge in [0.1, 0.15) is 36.9 Å². The van der Waals surface area contributed by atoms with Crippen molar-refractivity contribution < 1.29 is 18.6 Å². The second kappa shape index (κ2) is 9.48. The van der Waals surface area contributed by atoms with Crippen molar-refractivity contribution in [2.45, 2.75) is 20.3 Å². The van der Waals surface area contributed by atoms with Gasteiger partial charge in [-0.1, -0.05) is 49.4 Å². The molecule has 0 saturated heterocycles. The van der Waals surface area contributed by atoms with Gasteiger partial charge in [-0.05, 0) is 54.3 Å². The molecule has 0 radical (unpaired) electrons. The topological polar surface area (TPSA) is 57.9 Å². The molecule has 5 heteroatoms. The molecule has 1 aliphatic heterocycles. The van der Waals surface area contributed by atoms with E-state index in [0.717, 1.165) is 28.9 Å². The Bertz CT molecular complexity index is 1420. The first kappa shape index (κ1) is 21.8. The molecule has 5 rings (SSSR count). The number of rotatable bonds is 6. The van der Waals surface area contributed by atoms with Crippen LogP contribution < -0.4 is 19.6 Å². The molecule has 2 heterocycles. The molecular weight excluding hydrogens is 428 g/mol. The van der Waals surface area contributed by atoms with Crippen LogP contribution in [0, 0.1) is 6.92 Å². The van der Waals surface area contributed by atoms with Gasteiger partial charge < -0.3 is 18.6 Å². The highest BCUT2D eigenvalue weighted by molar-refractivity contribution is 5.85. The van der Waals surface area contributed by atoms with E-state index in [1.165, 1.54) is 0 Å². The van der Waals surface area contributed by atoms with E-state index in [-0.39, 0.29) is 5.43 Å². The molecule has 34 heavy (non-hydrogen) atoms. The Morgan fingerprint density at radius 2 is 1.76 bits per heavy atom. The molecule has 3 aromatic carbocycles. The summed E-state index contributed by atoms with van der Waals surface area (Å²) in [4.78, 5) is 13.5. The smallest absolute Gasteiger partial charge is 0.200 e. The first-order valence-electron chi connectivity index (χ1n) is 11.5. The van der Waals surface area contributed by atoms with Gasteiger partial charge >= 0.3 is 0 Å². The maximum absolute atomic E-state index is 13.5. The minimum absolute atomic E-state index is 0.0688. The Balaban J connectivity index is 1.48. The van der Waals surface area contributed by atoms with Gasteiger partial charge in [0.05, 0.1) is 10.9 Å². The molecule has 0 saturated carbocycles. The molecule has 0 unspecified atom stereocenters. The molecule has 1 aromatic heterocycles. The second-order valence-electron chi connectivity index (χ2n) is 8.15. The summed E-state index contributed by atoms with van der Waals surface area (Å²) < 4.78 is 23.5. The Morgan fingerprint density at radius 1 is 0.971 bits per heavy atom. The molecule has 0 N–H and O–H groups in total. The highest BCUT2D eigenvalue weighted by atomic mass is 16.6. The van der Waals surface area contributed by atoms with Crippen molar-refractivity contribution in [3.63, 3.8) is 0 Å². The normalized spacial score (nSPS) is 12.9. The lowest BCUT2D eigenvalue weighted by Gasteiger charge is -2.19. The van der Waals surface area contributed by atoms with Crippen LogP contribution in [0.3, 0.4) is 0 Å². The lowest BCUT2D eigenvalue weighted by atomic mass is 10.00. The van der Waals surface area contributed by atoms with E-state index in [9.17, 15) is 4.79 Å². The van der Waals surface area contributed by atoms with Crippen LogP contribution in [-0.4, -0.2) is 19.8 Å². The summed E-state index contributed by atoms with van der Waals surface area (Å²) in [6, 6.07) is 19.3. The second-order valence-corrected chi connectivity index (χ2v) is 8.15. The number of hydrogen-bond acceptors (Lipinski definition) is 5. The molecular formula is C29H26O5. The van der Waals surface area contributed by atoms with Crippen LogP contribution in [0.1, 0.15) is 23.8 Å². The molecule has 1 aliphatic rings. The highest BCUT2D eigenvalue weighted by Crippen LogP contribution is 2.36. The number of ether oxygens (including phenoxy) is 3. The average Bonchev–Trinajstić information content (AvgIpc) is 2.87. The predicted molar refractivity (Wildman–Crippen MR) is 134 cm³/mol. The third-order valence-electron chi connectivity index (χ3n) is 5.91. The lowest BCUT2D eigenvalue weighted by Crippen LogP contribution is -2.15. The summed E-state index contributed by atoms with van der Waals surface area (Å²) >= 11 is 0. The Kier molecular flexibility index (Phi) is 6.09. The first-order chi connectivity index (χ1) is 16.6. The zero-order chi connectivity index (χ0) is 23.5. The predicted octanol–water partition coefficient (Wildman–Crippen LogP) is 6.19. The van der Waals surface area contributed by atoms with Crippen molar-refractivity contribution >= 4 is 17.0 Å². The number of hydrogen-bond donors (Lipinski definition) is 0. The van der Waals surface area contributed by atoms with Crippen LogP contribution in [0.25, 0.3) is 28.2 Å². The fraction of sp³-hybridized carbons (Fsp3) is 0.207. The van der Waals surface area contributed by atoms with Crippen molar-refractivity contribution in [1.29, 1.82) is 0 Å². The fourth-order valence-electron chi connectivity index (χ4n) is 4.21. The monoisotopic (exact) mass is 454 g/mol. The van der Waals surface area contributed by atoms with Gasteiger partial charge in [-0.2, -0.15) is 0 Å². The summed E-state index contributed by atoms with van der Waals surface area (Å²) in [5, 5.41) is 0.541. The lowest BCUT2D eigenvalue weighted by molar-refractivity contribution is 0.171. The summed E-state index contributed by atoms with van der Waals surface area (Å²) in [6.07, 6.45) is 4.74. The molecule has 172 valence electrons. The molecule has 5 nitrogen and oxygen atoms in total. The number of aryl methyl sites for hydroxylation is 2. The summed E-state index contributed by atoms with van der Waals surface area (Å²) in [6.45, 7) is 5.29. The van der Waals surface area contributed by atoms with Crippen LogP contribution in [-0.2, 0) is 6.42 Å². The van der Waals surface area contributed by atoms with Gasteiger partial charge in [-0.15, -0.1) is 0 Å². The molecule has 0 aliphatic carbocycles. The van der Waals surface area contributed by atoms with E-state index in [2.05, 4.69) is 0 Å². The average molecular weight is 455 g/mol. The molecule has 0 spiro atoms. The van der Waals surface area contributed by atoms with Crippen LogP contribution in [0.2, 0.25) is 0 Å². The van der Waals surface area contributed by atoms with Gasteiger partial charge in [0.2, 0.25) is 5.43 Å². The largest absolute Gasteiger partial charge is 0.489 e. The van der Waals surface area contributed by atoms with E-state index in [1.807, 2.05) is 86.7 Å². The van der Waals surface area contributed by atoms with Crippen molar-refractivity contribution in [2.75, 3.05) is 19.8 Å². The quantitative estimate of drug-likeness (QED) is 0.347. The maximum atomic E-state index is 13.5. The van der Waals surface area contributed by atoms with E-state index in [1.54, 1.807) is 0 Å². The molecule has 0 atom stereocenters. The van der Waals surface area contributed by atoms with Crippen molar-refractivity contribution in [2.24, 2.45) is 0 Å². The third-order valence-corrected chi connectivity index (χ3v) is 5.91. The van der Waals surface area contributed by atoms with Gasteiger partial charge in [0.25, 0.3) is 0 Å². The number of benzene rings is 3. The van der Waals surface area contributed by atoms with E-state index < -0.39 is 0 Å². The Labute approximate surface area is 198 Å². The van der Waals surface area contributed by atoms with Crippen LogP contribution in [0.4, 0.5) is 0 Å². The van der Waals surface area contributed by atoms with E-state index >= 15 is 0 Å².